The highest BCUT2D eigenvalue weighted by molar-refractivity contribution is 7.98. The van der Waals surface area contributed by atoms with Gasteiger partial charge in [0.2, 0.25) is 5.91 Å². The van der Waals surface area contributed by atoms with Crippen LogP contribution in [-0.2, 0) is 10.5 Å². The van der Waals surface area contributed by atoms with Crippen molar-refractivity contribution in [3.63, 3.8) is 0 Å². The Labute approximate surface area is 133 Å². The van der Waals surface area contributed by atoms with Crippen LogP contribution in [0.2, 0.25) is 0 Å². The molecular formula is C16H18N4OS. The van der Waals surface area contributed by atoms with E-state index < -0.39 is 0 Å². The van der Waals surface area contributed by atoms with Crippen molar-refractivity contribution in [2.24, 2.45) is 11.7 Å². The molecular weight excluding hydrogens is 296 g/mol. The second kappa shape index (κ2) is 6.79. The van der Waals surface area contributed by atoms with Crippen LogP contribution in [0.25, 0.3) is 0 Å². The molecule has 6 heteroatoms. The number of nitrogens with two attached hydrogens (primary N) is 1. The molecule has 1 aromatic heterocycles. The Morgan fingerprint density at radius 1 is 1.32 bits per heavy atom. The molecule has 5 nitrogen and oxygen atoms in total. The van der Waals surface area contributed by atoms with Crippen molar-refractivity contribution in [1.82, 2.24) is 9.97 Å². The molecule has 0 radical (unpaired) electrons. The van der Waals surface area contributed by atoms with Crippen molar-refractivity contribution in [3.8, 4) is 0 Å². The van der Waals surface area contributed by atoms with Crippen molar-refractivity contribution >= 4 is 23.5 Å². The average Bonchev–Trinajstić information content (AvgIpc) is 3.05. The van der Waals surface area contributed by atoms with Crippen molar-refractivity contribution < 1.29 is 4.79 Å². The molecule has 1 unspecified atom stereocenters. The number of anilines is 1. The van der Waals surface area contributed by atoms with Gasteiger partial charge >= 0.3 is 0 Å². The number of hydrogen-bond donors (Lipinski definition) is 1. The number of nitrogens with zero attached hydrogens (tertiary/aromatic N) is 3. The summed E-state index contributed by atoms with van der Waals surface area (Å²) in [4.78, 5) is 22.0. The first-order valence-electron chi connectivity index (χ1n) is 7.25. The van der Waals surface area contributed by atoms with Crippen LogP contribution in [0.5, 0.6) is 0 Å². The second-order valence-electron chi connectivity index (χ2n) is 5.32. The highest BCUT2D eigenvalue weighted by Gasteiger charge is 2.27. The Balaban J connectivity index is 1.64. The fourth-order valence-electron chi connectivity index (χ4n) is 2.51. The molecule has 22 heavy (non-hydrogen) atoms. The predicted molar refractivity (Wildman–Crippen MR) is 87.5 cm³/mol. The molecule has 1 atom stereocenters. The number of hydrogen-bond acceptors (Lipinski definition) is 5. The van der Waals surface area contributed by atoms with Gasteiger partial charge in [-0.25, -0.2) is 9.97 Å². The zero-order chi connectivity index (χ0) is 15.4. The van der Waals surface area contributed by atoms with E-state index in [2.05, 4.69) is 27.0 Å². The van der Waals surface area contributed by atoms with Gasteiger partial charge in [0.05, 0.1) is 5.92 Å². The van der Waals surface area contributed by atoms with E-state index in [1.165, 1.54) is 5.56 Å². The standard InChI is InChI=1S/C16H18N4OS/c17-16(21)13-6-7-20(9-13)14-8-15(19-11-18-14)22-10-12-4-2-1-3-5-12/h1-5,8,11,13H,6-7,9-10H2,(H2,17,21). The topological polar surface area (TPSA) is 72.1 Å². The van der Waals surface area contributed by atoms with E-state index in [1.54, 1.807) is 18.1 Å². The zero-order valence-corrected chi connectivity index (χ0v) is 13.0. The smallest absolute Gasteiger partial charge is 0.222 e. The van der Waals surface area contributed by atoms with E-state index in [9.17, 15) is 4.79 Å². The van der Waals surface area contributed by atoms with E-state index in [0.717, 1.165) is 29.6 Å². The monoisotopic (exact) mass is 314 g/mol. The largest absolute Gasteiger partial charge is 0.369 e. The maximum atomic E-state index is 11.3. The van der Waals surface area contributed by atoms with Gasteiger partial charge in [0.15, 0.2) is 0 Å². The first-order chi connectivity index (χ1) is 10.7. The van der Waals surface area contributed by atoms with Crippen LogP contribution in [0.3, 0.4) is 0 Å². The van der Waals surface area contributed by atoms with Gasteiger partial charge in [-0.15, -0.1) is 11.8 Å². The minimum absolute atomic E-state index is 0.0737. The van der Waals surface area contributed by atoms with E-state index in [0.29, 0.717) is 6.54 Å². The summed E-state index contributed by atoms with van der Waals surface area (Å²) >= 11 is 1.68. The molecule has 2 heterocycles. The predicted octanol–water partition coefficient (Wildman–Crippen LogP) is 2.08. The summed E-state index contributed by atoms with van der Waals surface area (Å²) < 4.78 is 0. The lowest BCUT2D eigenvalue weighted by Crippen LogP contribution is -2.27. The van der Waals surface area contributed by atoms with Gasteiger partial charge in [-0.2, -0.15) is 0 Å². The highest BCUT2D eigenvalue weighted by atomic mass is 32.2. The number of carbonyl (C=O) groups excluding carboxylic acids is 1. The van der Waals surface area contributed by atoms with Gasteiger partial charge in [-0.05, 0) is 12.0 Å². The van der Waals surface area contributed by atoms with Crippen LogP contribution in [-0.4, -0.2) is 29.0 Å². The lowest BCUT2D eigenvalue weighted by molar-refractivity contribution is -0.121. The summed E-state index contributed by atoms with van der Waals surface area (Å²) in [5, 5.41) is 0.941. The molecule has 0 saturated carbocycles. The van der Waals surface area contributed by atoms with E-state index in [4.69, 9.17) is 5.73 Å². The average molecular weight is 314 g/mol. The third-order valence-corrected chi connectivity index (χ3v) is 4.77. The van der Waals surface area contributed by atoms with E-state index >= 15 is 0 Å². The number of aromatic nitrogens is 2. The number of carbonyl (C=O) groups is 1. The molecule has 1 fully saturated rings. The Bertz CT molecular complexity index is 650. The second-order valence-corrected chi connectivity index (χ2v) is 6.32. The number of rotatable bonds is 5. The highest BCUT2D eigenvalue weighted by Crippen LogP contribution is 2.26. The van der Waals surface area contributed by atoms with Crippen LogP contribution in [0.4, 0.5) is 5.82 Å². The molecule has 1 saturated heterocycles. The van der Waals surface area contributed by atoms with Gasteiger partial charge < -0.3 is 10.6 Å². The number of thioether (sulfide) groups is 1. The van der Waals surface area contributed by atoms with Gasteiger partial charge in [0.1, 0.15) is 17.2 Å². The molecule has 1 aliphatic rings. The Morgan fingerprint density at radius 2 is 2.14 bits per heavy atom. The number of amides is 1. The summed E-state index contributed by atoms with van der Waals surface area (Å²) in [5.74, 6) is 1.45. The minimum Gasteiger partial charge on any atom is -0.369 e. The molecule has 0 spiro atoms. The molecule has 0 aliphatic carbocycles. The van der Waals surface area contributed by atoms with E-state index in [-0.39, 0.29) is 11.8 Å². The van der Waals surface area contributed by atoms with Gasteiger partial charge in [-0.3, -0.25) is 4.79 Å². The van der Waals surface area contributed by atoms with Gasteiger partial charge in [-0.1, -0.05) is 30.3 Å². The molecule has 0 bridgehead atoms. The van der Waals surface area contributed by atoms with Crippen molar-refractivity contribution in [1.29, 1.82) is 0 Å². The zero-order valence-electron chi connectivity index (χ0n) is 12.2. The summed E-state index contributed by atoms with van der Waals surface area (Å²) in [7, 11) is 0. The molecule has 2 aromatic rings. The fraction of sp³-hybridized carbons (Fsp3) is 0.312. The molecule has 1 aliphatic heterocycles. The SMILES string of the molecule is NC(=O)C1CCN(c2cc(SCc3ccccc3)ncn2)C1. The minimum atomic E-state index is -0.227. The first kappa shape index (κ1) is 14.8. The van der Waals surface area contributed by atoms with Crippen LogP contribution < -0.4 is 10.6 Å². The maximum absolute atomic E-state index is 11.3. The van der Waals surface area contributed by atoms with Crippen LogP contribution in [0, 0.1) is 5.92 Å². The van der Waals surface area contributed by atoms with Crippen molar-refractivity contribution in [3.05, 3.63) is 48.3 Å². The fourth-order valence-corrected chi connectivity index (χ4v) is 3.33. The number of benzene rings is 1. The van der Waals surface area contributed by atoms with Gasteiger partial charge in [0, 0.05) is 24.9 Å². The molecule has 3 rings (SSSR count). The van der Waals surface area contributed by atoms with Crippen LogP contribution >= 0.6 is 11.8 Å². The van der Waals surface area contributed by atoms with Crippen LogP contribution in [0.1, 0.15) is 12.0 Å². The quantitative estimate of drug-likeness (QED) is 0.676. The van der Waals surface area contributed by atoms with Gasteiger partial charge in [0.25, 0.3) is 0 Å². The third kappa shape index (κ3) is 3.57. The Hall–Kier alpha value is -2.08. The number of primary amides is 1. The summed E-state index contributed by atoms with van der Waals surface area (Å²) in [6.45, 7) is 1.46. The maximum Gasteiger partial charge on any atom is 0.222 e. The normalized spacial score (nSPS) is 17.6. The summed E-state index contributed by atoms with van der Waals surface area (Å²) in [5.41, 5.74) is 6.64. The Kier molecular flexibility index (Phi) is 4.58. The molecule has 1 aromatic carbocycles. The Morgan fingerprint density at radius 3 is 2.86 bits per heavy atom. The third-order valence-electron chi connectivity index (χ3n) is 3.77. The van der Waals surface area contributed by atoms with Crippen LogP contribution in [0.15, 0.2) is 47.8 Å². The summed E-state index contributed by atoms with van der Waals surface area (Å²) in [6, 6.07) is 12.3. The van der Waals surface area contributed by atoms with Crippen molar-refractivity contribution in [2.75, 3.05) is 18.0 Å². The van der Waals surface area contributed by atoms with E-state index in [1.807, 2.05) is 24.3 Å². The molecule has 1 amide bonds. The molecule has 2 N–H and O–H groups in total. The first-order valence-corrected chi connectivity index (χ1v) is 8.24. The summed E-state index contributed by atoms with van der Waals surface area (Å²) in [6.07, 6.45) is 2.38. The lowest BCUT2D eigenvalue weighted by atomic mass is 10.1. The molecule has 114 valence electrons. The van der Waals surface area contributed by atoms with Crippen molar-refractivity contribution in [2.45, 2.75) is 17.2 Å². The lowest BCUT2D eigenvalue weighted by Gasteiger charge is -2.17.